The van der Waals surface area contributed by atoms with Gasteiger partial charge in [0, 0.05) is 23.4 Å². The molecule has 1 saturated carbocycles. The molecule has 0 atom stereocenters. The van der Waals surface area contributed by atoms with E-state index in [4.69, 9.17) is 0 Å². The maximum atomic E-state index is 14.1. The molecule has 2 heterocycles. The predicted octanol–water partition coefficient (Wildman–Crippen LogP) is 3.52. The summed E-state index contributed by atoms with van der Waals surface area (Å²) >= 11 is 0. The van der Waals surface area contributed by atoms with Crippen LogP contribution in [0.2, 0.25) is 0 Å². The molecule has 26 heavy (non-hydrogen) atoms. The zero-order valence-corrected chi connectivity index (χ0v) is 14.0. The normalized spacial score (nSPS) is 14.9. The Balaban J connectivity index is 1.55. The van der Waals surface area contributed by atoms with Gasteiger partial charge in [0.15, 0.2) is 5.82 Å². The summed E-state index contributed by atoms with van der Waals surface area (Å²) in [6.07, 6.45) is 4.21. The number of halogens is 2. The number of benzene rings is 1. The van der Waals surface area contributed by atoms with Crippen molar-refractivity contribution < 1.29 is 13.6 Å². The van der Waals surface area contributed by atoms with Crippen LogP contribution in [0.15, 0.2) is 48.8 Å². The summed E-state index contributed by atoms with van der Waals surface area (Å²) < 4.78 is 28.9. The number of aromatic nitrogens is 3. The molecule has 5 nitrogen and oxygen atoms in total. The molecule has 3 aromatic rings. The first-order chi connectivity index (χ1) is 12.5. The highest BCUT2D eigenvalue weighted by molar-refractivity contribution is 6.00. The zero-order chi connectivity index (χ0) is 18.3. The minimum Gasteiger partial charge on any atom is -0.308 e. The number of carbonyl (C=O) groups is 1. The Hall–Kier alpha value is -3.09. The van der Waals surface area contributed by atoms with Crippen LogP contribution in [-0.2, 0) is 10.2 Å². The third-order valence-corrected chi connectivity index (χ3v) is 4.67. The molecule has 1 N–H and O–H groups in total. The van der Waals surface area contributed by atoms with Crippen LogP contribution in [-0.4, -0.2) is 20.7 Å². The molecular weight excluding hydrogens is 338 g/mol. The first-order valence-electron chi connectivity index (χ1n) is 8.24. The molecule has 2 aromatic heterocycles. The molecule has 0 saturated heterocycles. The van der Waals surface area contributed by atoms with E-state index in [-0.39, 0.29) is 11.7 Å². The molecule has 0 bridgehead atoms. The van der Waals surface area contributed by atoms with Gasteiger partial charge in [0.2, 0.25) is 11.9 Å². The molecule has 1 amide bonds. The van der Waals surface area contributed by atoms with E-state index >= 15 is 0 Å². The van der Waals surface area contributed by atoms with Crippen LogP contribution in [0.25, 0.3) is 5.69 Å². The van der Waals surface area contributed by atoms with Crippen molar-refractivity contribution in [2.75, 3.05) is 5.32 Å². The Bertz CT molecular complexity index is 995. The number of nitrogens with zero attached hydrogens (tertiary/aromatic N) is 3. The van der Waals surface area contributed by atoms with Gasteiger partial charge in [-0.1, -0.05) is 18.2 Å². The average Bonchev–Trinajstić information content (AvgIpc) is 3.31. The van der Waals surface area contributed by atoms with Crippen molar-refractivity contribution in [2.45, 2.75) is 25.2 Å². The Morgan fingerprint density at radius 1 is 1.23 bits per heavy atom. The van der Waals surface area contributed by atoms with Gasteiger partial charge in [-0.05, 0) is 31.9 Å². The second kappa shape index (κ2) is 6.01. The fourth-order valence-electron chi connectivity index (χ4n) is 3.03. The molecule has 0 spiro atoms. The van der Waals surface area contributed by atoms with Gasteiger partial charge in [-0.15, -0.1) is 0 Å². The lowest BCUT2D eigenvalue weighted by molar-refractivity contribution is -0.118. The Labute approximate surface area is 148 Å². The van der Waals surface area contributed by atoms with E-state index in [2.05, 4.69) is 15.4 Å². The summed E-state index contributed by atoms with van der Waals surface area (Å²) in [6, 6.07) is 9.59. The van der Waals surface area contributed by atoms with E-state index in [1.807, 2.05) is 0 Å². The minimum atomic E-state index is -0.830. The number of anilines is 1. The Morgan fingerprint density at radius 3 is 2.69 bits per heavy atom. The predicted molar refractivity (Wildman–Crippen MR) is 92.0 cm³/mol. The summed E-state index contributed by atoms with van der Waals surface area (Å²) in [5.41, 5.74) is 0.568. The smallest absolute Gasteiger partial charge is 0.236 e. The van der Waals surface area contributed by atoms with Gasteiger partial charge in [0.25, 0.3) is 0 Å². The molecule has 7 heteroatoms. The summed E-state index contributed by atoms with van der Waals surface area (Å²) in [5, 5.41) is 7.03. The van der Waals surface area contributed by atoms with Crippen LogP contribution in [0, 0.1) is 18.7 Å². The van der Waals surface area contributed by atoms with Crippen LogP contribution in [0.4, 0.5) is 14.6 Å². The number of aryl methyl sites for hydroxylation is 1. The first kappa shape index (κ1) is 16.4. The van der Waals surface area contributed by atoms with E-state index in [9.17, 15) is 13.6 Å². The maximum absolute atomic E-state index is 14.1. The van der Waals surface area contributed by atoms with Gasteiger partial charge >= 0.3 is 0 Å². The molecule has 1 aliphatic rings. The maximum Gasteiger partial charge on any atom is 0.236 e. The second-order valence-electron chi connectivity index (χ2n) is 6.46. The number of nitrogens with one attached hydrogen (secondary N) is 1. The van der Waals surface area contributed by atoms with Crippen molar-refractivity contribution in [2.24, 2.45) is 0 Å². The molecule has 0 radical (unpaired) electrons. The van der Waals surface area contributed by atoms with E-state index < -0.39 is 11.4 Å². The van der Waals surface area contributed by atoms with Crippen LogP contribution >= 0.6 is 0 Å². The highest BCUT2D eigenvalue weighted by Gasteiger charge is 2.52. The van der Waals surface area contributed by atoms with E-state index in [0.717, 1.165) is 0 Å². The first-order valence-corrected chi connectivity index (χ1v) is 8.24. The van der Waals surface area contributed by atoms with Gasteiger partial charge in [0.05, 0.1) is 17.3 Å². The van der Waals surface area contributed by atoms with Crippen LogP contribution in [0.3, 0.4) is 0 Å². The molecule has 1 fully saturated rings. The van der Waals surface area contributed by atoms with Crippen molar-refractivity contribution in [3.8, 4) is 5.69 Å². The summed E-state index contributed by atoms with van der Waals surface area (Å²) in [4.78, 5) is 16.4. The lowest BCUT2D eigenvalue weighted by atomic mass is 9.94. The van der Waals surface area contributed by atoms with Crippen LogP contribution in [0.5, 0.6) is 0 Å². The SMILES string of the molecule is Cc1cc(-n2ccc(NC(=O)C3(c4ccccc4F)CC3)n2)cnc1F. The van der Waals surface area contributed by atoms with Crippen LogP contribution in [0.1, 0.15) is 24.0 Å². The van der Waals surface area contributed by atoms with Crippen molar-refractivity contribution in [1.29, 1.82) is 0 Å². The third kappa shape index (κ3) is 2.75. The highest BCUT2D eigenvalue weighted by atomic mass is 19.1. The molecule has 1 aliphatic carbocycles. The van der Waals surface area contributed by atoms with Gasteiger partial charge in [-0.25, -0.2) is 14.1 Å². The van der Waals surface area contributed by atoms with Gasteiger partial charge in [-0.2, -0.15) is 9.49 Å². The number of hydrogen-bond donors (Lipinski definition) is 1. The van der Waals surface area contributed by atoms with E-state index in [0.29, 0.717) is 35.5 Å². The number of hydrogen-bond acceptors (Lipinski definition) is 3. The molecular formula is C19H16F2N4O. The molecule has 4 rings (SSSR count). The topological polar surface area (TPSA) is 59.8 Å². The van der Waals surface area contributed by atoms with Gasteiger partial charge < -0.3 is 5.32 Å². The zero-order valence-electron chi connectivity index (χ0n) is 14.0. The standard InChI is InChI=1S/C19H16F2N4O/c1-12-10-13(11-22-17(12)21)25-9-6-16(24-25)23-18(26)19(7-8-19)14-4-2-3-5-15(14)20/h2-6,9-11H,7-8H2,1H3,(H,23,24,26). The molecule has 132 valence electrons. The lowest BCUT2D eigenvalue weighted by Crippen LogP contribution is -2.29. The average molecular weight is 354 g/mol. The summed E-state index contributed by atoms with van der Waals surface area (Å²) in [6.45, 7) is 1.61. The fraction of sp³-hybridized carbons (Fsp3) is 0.211. The van der Waals surface area contributed by atoms with E-state index in [1.54, 1.807) is 43.5 Å². The molecule has 0 aliphatic heterocycles. The molecule has 0 unspecified atom stereocenters. The van der Waals surface area contributed by atoms with E-state index in [1.165, 1.54) is 16.9 Å². The van der Waals surface area contributed by atoms with Gasteiger partial charge in [-0.3, -0.25) is 4.79 Å². The Kier molecular flexibility index (Phi) is 3.79. The summed E-state index contributed by atoms with van der Waals surface area (Å²) in [5.74, 6) is -0.839. The summed E-state index contributed by atoms with van der Waals surface area (Å²) in [7, 11) is 0. The number of rotatable bonds is 4. The minimum absolute atomic E-state index is 0.277. The van der Waals surface area contributed by atoms with Crippen molar-refractivity contribution in [1.82, 2.24) is 14.8 Å². The monoisotopic (exact) mass is 354 g/mol. The highest BCUT2D eigenvalue weighted by Crippen LogP contribution is 2.49. The third-order valence-electron chi connectivity index (χ3n) is 4.67. The quantitative estimate of drug-likeness (QED) is 0.729. The van der Waals surface area contributed by atoms with Crippen molar-refractivity contribution >= 4 is 11.7 Å². The number of amides is 1. The number of carbonyl (C=O) groups excluding carboxylic acids is 1. The lowest BCUT2D eigenvalue weighted by Gasteiger charge is -2.15. The van der Waals surface area contributed by atoms with Crippen molar-refractivity contribution in [3.63, 3.8) is 0 Å². The second-order valence-corrected chi connectivity index (χ2v) is 6.46. The number of pyridine rings is 1. The van der Waals surface area contributed by atoms with Gasteiger partial charge in [0.1, 0.15) is 5.82 Å². The van der Waals surface area contributed by atoms with Crippen molar-refractivity contribution in [3.05, 3.63) is 71.7 Å². The van der Waals surface area contributed by atoms with Crippen LogP contribution < -0.4 is 5.32 Å². The molecule has 1 aromatic carbocycles. The fourth-order valence-corrected chi connectivity index (χ4v) is 3.03. The largest absolute Gasteiger partial charge is 0.308 e. The Morgan fingerprint density at radius 2 is 2.00 bits per heavy atom.